The molecule has 1 aromatic rings. The number of piperidine rings is 1. The first-order chi connectivity index (χ1) is 10.1. The van der Waals surface area contributed by atoms with Gasteiger partial charge in [0, 0.05) is 18.2 Å². The molecule has 3 N–H and O–H groups in total. The number of anilines is 1. The average Bonchev–Trinajstić information content (AvgIpc) is 2.46. The Hall–Kier alpha value is -2.08. The SMILES string of the molecule is O=C(O)COc1cccc(NC(=O)CC2CCNCC2)c1. The minimum Gasteiger partial charge on any atom is -0.482 e. The summed E-state index contributed by atoms with van der Waals surface area (Å²) in [6, 6.07) is 6.76. The molecule has 1 aliphatic heterocycles. The lowest BCUT2D eigenvalue weighted by atomic mass is 9.94. The first kappa shape index (κ1) is 15.3. The number of rotatable bonds is 6. The number of hydrogen-bond donors (Lipinski definition) is 3. The summed E-state index contributed by atoms with van der Waals surface area (Å²) < 4.78 is 5.08. The quantitative estimate of drug-likeness (QED) is 0.739. The Bertz CT molecular complexity index is 498. The molecule has 2 rings (SSSR count). The summed E-state index contributed by atoms with van der Waals surface area (Å²) in [7, 11) is 0. The summed E-state index contributed by atoms with van der Waals surface area (Å²) in [5.41, 5.74) is 0.622. The maximum absolute atomic E-state index is 12.0. The fourth-order valence-electron chi connectivity index (χ4n) is 2.37. The van der Waals surface area contributed by atoms with Crippen molar-refractivity contribution in [3.05, 3.63) is 24.3 Å². The number of ether oxygens (including phenoxy) is 1. The molecule has 1 aliphatic rings. The topological polar surface area (TPSA) is 87.7 Å². The van der Waals surface area contributed by atoms with Crippen molar-refractivity contribution in [2.75, 3.05) is 25.0 Å². The van der Waals surface area contributed by atoms with Crippen LogP contribution in [-0.4, -0.2) is 36.7 Å². The van der Waals surface area contributed by atoms with E-state index in [1.54, 1.807) is 24.3 Å². The van der Waals surface area contributed by atoms with Gasteiger partial charge in [-0.2, -0.15) is 0 Å². The molecule has 1 aromatic carbocycles. The van der Waals surface area contributed by atoms with Crippen molar-refractivity contribution in [3.8, 4) is 5.75 Å². The van der Waals surface area contributed by atoms with Gasteiger partial charge < -0.3 is 20.5 Å². The molecular weight excluding hydrogens is 272 g/mol. The number of carboxylic acid groups (broad SMARTS) is 1. The normalized spacial score (nSPS) is 15.4. The lowest BCUT2D eigenvalue weighted by molar-refractivity contribution is -0.139. The molecule has 21 heavy (non-hydrogen) atoms. The summed E-state index contributed by atoms with van der Waals surface area (Å²) in [4.78, 5) is 22.4. The molecule has 114 valence electrons. The van der Waals surface area contributed by atoms with Crippen LogP contribution in [0.2, 0.25) is 0 Å². The fourth-order valence-corrected chi connectivity index (χ4v) is 2.37. The van der Waals surface area contributed by atoms with Crippen molar-refractivity contribution in [3.63, 3.8) is 0 Å². The third-order valence-corrected chi connectivity index (χ3v) is 3.41. The Balaban J connectivity index is 1.85. The van der Waals surface area contributed by atoms with E-state index in [1.165, 1.54) is 0 Å². The van der Waals surface area contributed by atoms with Crippen molar-refractivity contribution < 1.29 is 19.4 Å². The van der Waals surface area contributed by atoms with E-state index in [-0.39, 0.29) is 5.91 Å². The zero-order chi connectivity index (χ0) is 15.1. The van der Waals surface area contributed by atoms with E-state index in [1.807, 2.05) is 0 Å². The Kier molecular flexibility index (Phi) is 5.57. The molecule has 1 fully saturated rings. The van der Waals surface area contributed by atoms with E-state index >= 15 is 0 Å². The molecule has 0 saturated carbocycles. The fraction of sp³-hybridized carbons (Fsp3) is 0.467. The van der Waals surface area contributed by atoms with Crippen molar-refractivity contribution in [1.29, 1.82) is 0 Å². The van der Waals surface area contributed by atoms with Gasteiger partial charge >= 0.3 is 5.97 Å². The number of carbonyl (C=O) groups is 2. The number of benzene rings is 1. The van der Waals surface area contributed by atoms with E-state index in [0.717, 1.165) is 25.9 Å². The Labute approximate surface area is 123 Å². The first-order valence-electron chi connectivity index (χ1n) is 7.08. The van der Waals surface area contributed by atoms with E-state index in [2.05, 4.69) is 10.6 Å². The second-order valence-corrected chi connectivity index (χ2v) is 5.16. The van der Waals surface area contributed by atoms with Crippen LogP contribution in [0.3, 0.4) is 0 Å². The second kappa shape index (κ2) is 7.64. The van der Waals surface area contributed by atoms with Crippen LogP contribution in [0.1, 0.15) is 19.3 Å². The maximum atomic E-state index is 12.0. The van der Waals surface area contributed by atoms with Gasteiger partial charge in [-0.15, -0.1) is 0 Å². The molecule has 0 aliphatic carbocycles. The number of carbonyl (C=O) groups excluding carboxylic acids is 1. The van der Waals surface area contributed by atoms with Crippen molar-refractivity contribution >= 4 is 17.6 Å². The molecule has 0 radical (unpaired) electrons. The summed E-state index contributed by atoms with van der Waals surface area (Å²) in [5.74, 6) is -0.192. The molecule has 6 heteroatoms. The number of nitrogens with one attached hydrogen (secondary N) is 2. The summed E-state index contributed by atoms with van der Waals surface area (Å²) in [5, 5.41) is 14.7. The Morgan fingerprint density at radius 1 is 1.33 bits per heavy atom. The van der Waals surface area contributed by atoms with E-state index in [4.69, 9.17) is 9.84 Å². The Morgan fingerprint density at radius 2 is 2.10 bits per heavy atom. The molecule has 1 amide bonds. The van der Waals surface area contributed by atoms with Gasteiger partial charge in [0.2, 0.25) is 5.91 Å². The maximum Gasteiger partial charge on any atom is 0.341 e. The van der Waals surface area contributed by atoms with Gasteiger partial charge in [0.05, 0.1) is 0 Å². The number of hydrogen-bond acceptors (Lipinski definition) is 4. The standard InChI is InChI=1S/C15H20N2O4/c18-14(8-11-4-6-16-7-5-11)17-12-2-1-3-13(9-12)21-10-15(19)20/h1-3,9,11,16H,4-8,10H2,(H,17,18)(H,19,20). The molecule has 1 heterocycles. The van der Waals surface area contributed by atoms with Crippen LogP contribution < -0.4 is 15.4 Å². The molecular formula is C15H20N2O4. The van der Waals surface area contributed by atoms with Crippen LogP contribution in [0.5, 0.6) is 5.75 Å². The lowest BCUT2D eigenvalue weighted by Gasteiger charge is -2.21. The van der Waals surface area contributed by atoms with Gasteiger partial charge in [-0.25, -0.2) is 4.79 Å². The molecule has 6 nitrogen and oxygen atoms in total. The van der Waals surface area contributed by atoms with Crippen LogP contribution in [-0.2, 0) is 9.59 Å². The lowest BCUT2D eigenvalue weighted by Crippen LogP contribution is -2.30. The van der Waals surface area contributed by atoms with Gasteiger partial charge in [-0.3, -0.25) is 4.79 Å². The zero-order valence-electron chi connectivity index (χ0n) is 11.8. The smallest absolute Gasteiger partial charge is 0.341 e. The minimum atomic E-state index is -1.03. The largest absolute Gasteiger partial charge is 0.482 e. The van der Waals surface area contributed by atoms with Crippen LogP contribution in [0.25, 0.3) is 0 Å². The van der Waals surface area contributed by atoms with Gasteiger partial charge in [0.15, 0.2) is 6.61 Å². The highest BCUT2D eigenvalue weighted by Crippen LogP contribution is 2.20. The van der Waals surface area contributed by atoms with E-state index in [0.29, 0.717) is 23.8 Å². The number of amides is 1. The third kappa shape index (κ3) is 5.43. The molecule has 0 spiro atoms. The van der Waals surface area contributed by atoms with Crippen LogP contribution in [0.15, 0.2) is 24.3 Å². The van der Waals surface area contributed by atoms with Crippen molar-refractivity contribution in [2.45, 2.75) is 19.3 Å². The predicted molar refractivity (Wildman–Crippen MR) is 78.4 cm³/mol. The molecule has 1 saturated heterocycles. The number of carboxylic acids is 1. The highest BCUT2D eigenvalue weighted by atomic mass is 16.5. The summed E-state index contributed by atoms with van der Waals surface area (Å²) >= 11 is 0. The first-order valence-corrected chi connectivity index (χ1v) is 7.08. The van der Waals surface area contributed by atoms with E-state index in [9.17, 15) is 9.59 Å². The van der Waals surface area contributed by atoms with Crippen LogP contribution in [0, 0.1) is 5.92 Å². The summed E-state index contributed by atoms with van der Waals surface area (Å²) in [6.07, 6.45) is 2.56. The Morgan fingerprint density at radius 3 is 2.81 bits per heavy atom. The third-order valence-electron chi connectivity index (χ3n) is 3.41. The molecule has 0 aromatic heterocycles. The van der Waals surface area contributed by atoms with Gasteiger partial charge in [0.25, 0.3) is 0 Å². The highest BCUT2D eigenvalue weighted by molar-refractivity contribution is 5.91. The summed E-state index contributed by atoms with van der Waals surface area (Å²) in [6.45, 7) is 1.54. The predicted octanol–water partition coefficient (Wildman–Crippen LogP) is 1.48. The van der Waals surface area contributed by atoms with Crippen molar-refractivity contribution in [1.82, 2.24) is 5.32 Å². The second-order valence-electron chi connectivity index (χ2n) is 5.16. The molecule has 0 unspecified atom stereocenters. The minimum absolute atomic E-state index is 0.0164. The van der Waals surface area contributed by atoms with Crippen LogP contribution >= 0.6 is 0 Å². The monoisotopic (exact) mass is 292 g/mol. The van der Waals surface area contributed by atoms with Crippen LogP contribution in [0.4, 0.5) is 5.69 Å². The van der Waals surface area contributed by atoms with E-state index < -0.39 is 12.6 Å². The molecule has 0 bridgehead atoms. The van der Waals surface area contributed by atoms with Crippen molar-refractivity contribution in [2.24, 2.45) is 5.92 Å². The van der Waals surface area contributed by atoms with Gasteiger partial charge in [-0.05, 0) is 44.0 Å². The highest BCUT2D eigenvalue weighted by Gasteiger charge is 2.16. The van der Waals surface area contributed by atoms with Gasteiger partial charge in [-0.1, -0.05) is 6.07 Å². The van der Waals surface area contributed by atoms with Gasteiger partial charge in [0.1, 0.15) is 5.75 Å². The zero-order valence-corrected chi connectivity index (χ0v) is 11.8. The molecule has 0 atom stereocenters. The average molecular weight is 292 g/mol. The number of aliphatic carboxylic acids is 1.